The van der Waals surface area contributed by atoms with Crippen LogP contribution in [0.3, 0.4) is 0 Å². The summed E-state index contributed by atoms with van der Waals surface area (Å²) in [4.78, 5) is 4.49. The van der Waals surface area contributed by atoms with Crippen LogP contribution in [0.2, 0.25) is 0 Å². The number of hydrazine groups is 1. The fraction of sp³-hybridized carbons (Fsp3) is 0.267. The van der Waals surface area contributed by atoms with Gasteiger partial charge in [0.25, 0.3) is 0 Å². The summed E-state index contributed by atoms with van der Waals surface area (Å²) >= 11 is 0. The molecule has 1 unspecified atom stereocenters. The number of pyridine rings is 1. The molecule has 1 aromatic carbocycles. The fourth-order valence-electron chi connectivity index (χ4n) is 2.16. The molecule has 1 aromatic heterocycles. The number of nitrogens with zero attached hydrogens (tertiary/aromatic N) is 1. The number of aryl methyl sites for hydroxylation is 2. The van der Waals surface area contributed by atoms with E-state index in [2.05, 4.69) is 16.5 Å². The van der Waals surface area contributed by atoms with Crippen LogP contribution in [0.5, 0.6) is 5.75 Å². The molecule has 0 aliphatic carbocycles. The van der Waals surface area contributed by atoms with Crippen LogP contribution in [-0.2, 0) is 0 Å². The van der Waals surface area contributed by atoms with Crippen molar-refractivity contribution in [3.05, 3.63) is 58.9 Å². The Kier molecular flexibility index (Phi) is 4.14. The molecule has 0 aliphatic rings. The van der Waals surface area contributed by atoms with E-state index in [-0.39, 0.29) is 6.04 Å². The van der Waals surface area contributed by atoms with Crippen LogP contribution in [0, 0.1) is 13.8 Å². The van der Waals surface area contributed by atoms with E-state index in [1.807, 2.05) is 44.3 Å². The smallest absolute Gasteiger partial charge is 0.118 e. The molecule has 1 atom stereocenters. The van der Waals surface area contributed by atoms with Crippen molar-refractivity contribution in [3.8, 4) is 5.75 Å². The first-order valence-corrected chi connectivity index (χ1v) is 6.19. The van der Waals surface area contributed by atoms with Crippen molar-refractivity contribution in [2.75, 3.05) is 7.11 Å². The van der Waals surface area contributed by atoms with Gasteiger partial charge in [-0.25, -0.2) is 5.43 Å². The maximum absolute atomic E-state index is 5.69. The first-order chi connectivity index (χ1) is 9.15. The van der Waals surface area contributed by atoms with E-state index < -0.39 is 0 Å². The molecule has 0 aliphatic heterocycles. The second-order valence-corrected chi connectivity index (χ2v) is 4.59. The lowest BCUT2D eigenvalue weighted by molar-refractivity contribution is 0.414. The zero-order valence-corrected chi connectivity index (χ0v) is 11.5. The molecule has 2 rings (SSSR count). The molecular formula is C15H19N3O. The minimum atomic E-state index is -0.119. The molecule has 0 bridgehead atoms. The zero-order chi connectivity index (χ0) is 13.8. The second kappa shape index (κ2) is 5.82. The molecule has 4 nitrogen and oxygen atoms in total. The second-order valence-electron chi connectivity index (χ2n) is 4.59. The van der Waals surface area contributed by atoms with Crippen molar-refractivity contribution in [1.82, 2.24) is 10.4 Å². The van der Waals surface area contributed by atoms with Crippen LogP contribution in [0.25, 0.3) is 0 Å². The van der Waals surface area contributed by atoms with Crippen molar-refractivity contribution in [2.24, 2.45) is 5.84 Å². The van der Waals surface area contributed by atoms with Gasteiger partial charge in [-0.3, -0.25) is 10.8 Å². The number of hydrogen-bond acceptors (Lipinski definition) is 4. The lowest BCUT2D eigenvalue weighted by Crippen LogP contribution is -2.30. The van der Waals surface area contributed by atoms with Crippen molar-refractivity contribution >= 4 is 0 Å². The highest BCUT2D eigenvalue weighted by atomic mass is 16.5. The Bertz CT molecular complexity index is 552. The van der Waals surface area contributed by atoms with Crippen molar-refractivity contribution < 1.29 is 4.74 Å². The summed E-state index contributed by atoms with van der Waals surface area (Å²) < 4.78 is 5.16. The summed E-state index contributed by atoms with van der Waals surface area (Å²) in [6, 6.07) is 9.81. The highest BCUT2D eigenvalue weighted by Gasteiger charge is 2.16. The van der Waals surface area contributed by atoms with Gasteiger partial charge in [-0.15, -0.1) is 0 Å². The van der Waals surface area contributed by atoms with Crippen LogP contribution in [-0.4, -0.2) is 12.1 Å². The average Bonchev–Trinajstić information content (AvgIpc) is 2.42. The number of methoxy groups -OCH3 is 1. The van der Waals surface area contributed by atoms with Gasteiger partial charge >= 0.3 is 0 Å². The Morgan fingerprint density at radius 1 is 1.21 bits per heavy atom. The number of hydrogen-bond donors (Lipinski definition) is 2. The topological polar surface area (TPSA) is 60.2 Å². The molecule has 2 aromatic rings. The van der Waals surface area contributed by atoms with Crippen molar-refractivity contribution in [2.45, 2.75) is 19.9 Å². The predicted octanol–water partition coefficient (Wildman–Crippen LogP) is 2.26. The van der Waals surface area contributed by atoms with Gasteiger partial charge in [-0.2, -0.15) is 0 Å². The number of nitrogens with one attached hydrogen (secondary N) is 1. The molecule has 0 fully saturated rings. The largest absolute Gasteiger partial charge is 0.497 e. The molecule has 100 valence electrons. The maximum Gasteiger partial charge on any atom is 0.118 e. The first kappa shape index (κ1) is 13.5. The number of rotatable bonds is 4. The number of ether oxygens (including phenoxy) is 1. The highest BCUT2D eigenvalue weighted by molar-refractivity contribution is 5.36. The number of aromatic nitrogens is 1. The Balaban J connectivity index is 2.37. The van der Waals surface area contributed by atoms with E-state index in [4.69, 9.17) is 10.6 Å². The minimum Gasteiger partial charge on any atom is -0.497 e. The van der Waals surface area contributed by atoms with Gasteiger partial charge in [0.2, 0.25) is 0 Å². The van der Waals surface area contributed by atoms with E-state index in [0.29, 0.717) is 0 Å². The van der Waals surface area contributed by atoms with Gasteiger partial charge < -0.3 is 4.74 Å². The molecule has 0 saturated heterocycles. The number of benzene rings is 1. The molecule has 0 radical (unpaired) electrons. The summed E-state index contributed by atoms with van der Waals surface area (Å²) in [5.41, 5.74) is 7.10. The maximum atomic E-state index is 5.69. The van der Waals surface area contributed by atoms with Crippen LogP contribution >= 0.6 is 0 Å². The van der Waals surface area contributed by atoms with Crippen LogP contribution < -0.4 is 16.0 Å². The van der Waals surface area contributed by atoms with Crippen LogP contribution in [0.1, 0.15) is 28.4 Å². The van der Waals surface area contributed by atoms with E-state index in [0.717, 1.165) is 28.1 Å². The molecule has 1 heterocycles. The third-order valence-corrected chi connectivity index (χ3v) is 3.14. The fourth-order valence-corrected chi connectivity index (χ4v) is 2.16. The SMILES string of the molecule is COc1ccc(C(NN)c2ncc(C)cc2C)cc1. The third-order valence-electron chi connectivity index (χ3n) is 3.14. The normalized spacial score (nSPS) is 12.2. The van der Waals surface area contributed by atoms with Gasteiger partial charge in [0.05, 0.1) is 18.8 Å². The highest BCUT2D eigenvalue weighted by Crippen LogP contribution is 2.24. The van der Waals surface area contributed by atoms with Crippen LogP contribution in [0.4, 0.5) is 0 Å². The summed E-state index contributed by atoms with van der Waals surface area (Å²) in [6.07, 6.45) is 1.86. The predicted molar refractivity (Wildman–Crippen MR) is 75.9 cm³/mol. The summed E-state index contributed by atoms with van der Waals surface area (Å²) in [5, 5.41) is 0. The average molecular weight is 257 g/mol. The van der Waals surface area contributed by atoms with Gasteiger partial charge in [-0.1, -0.05) is 18.2 Å². The van der Waals surface area contributed by atoms with Gasteiger partial charge in [0.1, 0.15) is 5.75 Å². The first-order valence-electron chi connectivity index (χ1n) is 6.19. The van der Waals surface area contributed by atoms with E-state index >= 15 is 0 Å². The lowest BCUT2D eigenvalue weighted by atomic mass is 10.00. The van der Waals surface area contributed by atoms with Gasteiger partial charge in [0, 0.05) is 6.20 Å². The Morgan fingerprint density at radius 2 is 1.89 bits per heavy atom. The Morgan fingerprint density at radius 3 is 2.42 bits per heavy atom. The molecule has 0 saturated carbocycles. The van der Waals surface area contributed by atoms with Gasteiger partial charge in [-0.05, 0) is 42.7 Å². The zero-order valence-electron chi connectivity index (χ0n) is 11.5. The Labute approximate surface area is 113 Å². The summed E-state index contributed by atoms with van der Waals surface area (Å²) in [6.45, 7) is 4.07. The van der Waals surface area contributed by atoms with Crippen LogP contribution in [0.15, 0.2) is 36.5 Å². The van der Waals surface area contributed by atoms with Crippen molar-refractivity contribution in [1.29, 1.82) is 0 Å². The Hall–Kier alpha value is -1.91. The minimum absolute atomic E-state index is 0.119. The standard InChI is InChI=1S/C15H19N3O/c1-10-8-11(2)14(17-9-10)15(18-16)12-4-6-13(19-3)7-5-12/h4-9,15,18H,16H2,1-3H3. The monoisotopic (exact) mass is 257 g/mol. The summed E-state index contributed by atoms with van der Waals surface area (Å²) in [5.74, 6) is 6.52. The molecule has 3 N–H and O–H groups in total. The molecule has 0 spiro atoms. The summed E-state index contributed by atoms with van der Waals surface area (Å²) in [7, 11) is 1.65. The van der Waals surface area contributed by atoms with Gasteiger partial charge in [0.15, 0.2) is 0 Å². The van der Waals surface area contributed by atoms with E-state index in [1.54, 1.807) is 7.11 Å². The quantitative estimate of drug-likeness (QED) is 0.651. The molecule has 19 heavy (non-hydrogen) atoms. The van der Waals surface area contributed by atoms with E-state index in [9.17, 15) is 0 Å². The third kappa shape index (κ3) is 2.92. The van der Waals surface area contributed by atoms with Crippen molar-refractivity contribution in [3.63, 3.8) is 0 Å². The number of nitrogens with two attached hydrogens (primary N) is 1. The van der Waals surface area contributed by atoms with E-state index in [1.165, 1.54) is 0 Å². The molecule has 0 amide bonds. The molecular weight excluding hydrogens is 238 g/mol. The lowest BCUT2D eigenvalue weighted by Gasteiger charge is -2.18. The molecule has 4 heteroatoms.